The SMILES string of the molecule is Nc1cccc(/C=C/C(=O)NCC(O)c2ccccc2)c1. The van der Waals surface area contributed by atoms with Crippen LogP contribution in [0.5, 0.6) is 0 Å². The molecule has 2 rings (SSSR count). The molecule has 0 fully saturated rings. The van der Waals surface area contributed by atoms with Crippen LogP contribution in [-0.4, -0.2) is 17.6 Å². The molecule has 0 aliphatic carbocycles. The molecule has 2 aromatic carbocycles. The molecule has 4 N–H and O–H groups in total. The van der Waals surface area contributed by atoms with Crippen molar-refractivity contribution < 1.29 is 9.90 Å². The minimum Gasteiger partial charge on any atom is -0.399 e. The molecule has 2 aromatic rings. The molecule has 4 nitrogen and oxygen atoms in total. The van der Waals surface area contributed by atoms with Gasteiger partial charge in [-0.15, -0.1) is 0 Å². The highest BCUT2D eigenvalue weighted by molar-refractivity contribution is 5.91. The van der Waals surface area contributed by atoms with Gasteiger partial charge in [0.25, 0.3) is 0 Å². The molecule has 0 saturated heterocycles. The Morgan fingerprint density at radius 2 is 1.95 bits per heavy atom. The molecule has 108 valence electrons. The number of aliphatic hydroxyl groups excluding tert-OH is 1. The predicted molar refractivity (Wildman–Crippen MR) is 84.3 cm³/mol. The van der Waals surface area contributed by atoms with E-state index in [9.17, 15) is 9.90 Å². The van der Waals surface area contributed by atoms with Gasteiger partial charge in [-0.3, -0.25) is 4.79 Å². The van der Waals surface area contributed by atoms with Crippen LogP contribution in [0.2, 0.25) is 0 Å². The van der Waals surface area contributed by atoms with Crippen molar-refractivity contribution in [2.75, 3.05) is 12.3 Å². The van der Waals surface area contributed by atoms with Gasteiger partial charge in [-0.05, 0) is 29.3 Å². The molecule has 0 aliphatic rings. The lowest BCUT2D eigenvalue weighted by molar-refractivity contribution is -0.116. The first-order chi connectivity index (χ1) is 10.1. The van der Waals surface area contributed by atoms with Crippen LogP contribution >= 0.6 is 0 Å². The highest BCUT2D eigenvalue weighted by Gasteiger charge is 2.07. The molecule has 0 bridgehead atoms. The van der Waals surface area contributed by atoms with Crippen molar-refractivity contribution in [3.8, 4) is 0 Å². The summed E-state index contributed by atoms with van der Waals surface area (Å²) in [7, 11) is 0. The van der Waals surface area contributed by atoms with Crippen molar-refractivity contribution in [1.29, 1.82) is 0 Å². The van der Waals surface area contributed by atoms with Crippen molar-refractivity contribution in [2.45, 2.75) is 6.10 Å². The number of anilines is 1. The third-order valence-corrected chi connectivity index (χ3v) is 2.99. The van der Waals surface area contributed by atoms with E-state index in [2.05, 4.69) is 5.32 Å². The van der Waals surface area contributed by atoms with Gasteiger partial charge in [0, 0.05) is 18.3 Å². The van der Waals surface area contributed by atoms with Gasteiger partial charge in [0.15, 0.2) is 0 Å². The van der Waals surface area contributed by atoms with Gasteiger partial charge in [-0.2, -0.15) is 0 Å². The van der Waals surface area contributed by atoms with Gasteiger partial charge in [-0.25, -0.2) is 0 Å². The summed E-state index contributed by atoms with van der Waals surface area (Å²) >= 11 is 0. The van der Waals surface area contributed by atoms with Gasteiger partial charge in [0.1, 0.15) is 0 Å². The van der Waals surface area contributed by atoms with Crippen LogP contribution in [-0.2, 0) is 4.79 Å². The topological polar surface area (TPSA) is 75.4 Å². The second-order valence-corrected chi connectivity index (χ2v) is 4.68. The Hall–Kier alpha value is -2.59. The van der Waals surface area contributed by atoms with Crippen LogP contribution in [0.3, 0.4) is 0 Å². The summed E-state index contributed by atoms with van der Waals surface area (Å²) in [6, 6.07) is 16.5. The van der Waals surface area contributed by atoms with E-state index in [1.807, 2.05) is 42.5 Å². The molecule has 21 heavy (non-hydrogen) atoms. The Kier molecular flexibility index (Phi) is 5.12. The fourth-order valence-corrected chi connectivity index (χ4v) is 1.88. The van der Waals surface area contributed by atoms with E-state index in [1.165, 1.54) is 6.08 Å². The normalized spacial score (nSPS) is 12.2. The maximum absolute atomic E-state index is 11.7. The number of nitrogens with two attached hydrogens (primary N) is 1. The van der Waals surface area contributed by atoms with Crippen LogP contribution in [0.1, 0.15) is 17.2 Å². The number of aliphatic hydroxyl groups is 1. The van der Waals surface area contributed by atoms with Gasteiger partial charge in [0.2, 0.25) is 5.91 Å². The molecular formula is C17H18N2O2. The van der Waals surface area contributed by atoms with E-state index in [0.29, 0.717) is 5.69 Å². The number of nitrogen functional groups attached to an aromatic ring is 1. The first-order valence-corrected chi connectivity index (χ1v) is 6.69. The van der Waals surface area contributed by atoms with Crippen LogP contribution in [0.25, 0.3) is 6.08 Å². The van der Waals surface area contributed by atoms with Crippen LogP contribution < -0.4 is 11.1 Å². The fourth-order valence-electron chi connectivity index (χ4n) is 1.88. The Morgan fingerprint density at radius 3 is 2.67 bits per heavy atom. The Labute approximate surface area is 123 Å². The summed E-state index contributed by atoms with van der Waals surface area (Å²) < 4.78 is 0. The number of nitrogens with one attached hydrogen (secondary N) is 1. The number of hydrogen-bond acceptors (Lipinski definition) is 3. The Balaban J connectivity index is 1.85. The second kappa shape index (κ2) is 7.26. The first-order valence-electron chi connectivity index (χ1n) is 6.69. The number of benzene rings is 2. The summed E-state index contributed by atoms with van der Waals surface area (Å²) in [5.74, 6) is -0.257. The van der Waals surface area contributed by atoms with E-state index in [-0.39, 0.29) is 12.5 Å². The van der Waals surface area contributed by atoms with E-state index in [4.69, 9.17) is 5.73 Å². The minimum atomic E-state index is -0.712. The fraction of sp³-hybridized carbons (Fsp3) is 0.118. The minimum absolute atomic E-state index is 0.171. The van der Waals surface area contributed by atoms with E-state index < -0.39 is 6.10 Å². The summed E-state index contributed by atoms with van der Waals surface area (Å²) in [5, 5.41) is 12.6. The third kappa shape index (κ3) is 4.78. The zero-order valence-corrected chi connectivity index (χ0v) is 11.6. The van der Waals surface area contributed by atoms with Gasteiger partial charge in [0.05, 0.1) is 6.10 Å². The van der Waals surface area contributed by atoms with Crippen LogP contribution in [0.4, 0.5) is 5.69 Å². The maximum Gasteiger partial charge on any atom is 0.244 e. The average Bonchev–Trinajstić information content (AvgIpc) is 2.51. The average molecular weight is 282 g/mol. The summed E-state index contributed by atoms with van der Waals surface area (Å²) in [6.07, 6.45) is 2.39. The smallest absolute Gasteiger partial charge is 0.244 e. The number of hydrogen-bond donors (Lipinski definition) is 3. The standard InChI is InChI=1S/C17H18N2O2/c18-15-8-4-5-13(11-15)9-10-17(21)19-12-16(20)14-6-2-1-3-7-14/h1-11,16,20H,12,18H2,(H,19,21)/b10-9+. The number of carbonyl (C=O) groups excluding carboxylic acids is 1. The molecule has 1 unspecified atom stereocenters. The molecule has 0 aromatic heterocycles. The van der Waals surface area contributed by atoms with E-state index in [0.717, 1.165) is 11.1 Å². The largest absolute Gasteiger partial charge is 0.399 e. The quantitative estimate of drug-likeness (QED) is 0.581. The number of rotatable bonds is 5. The van der Waals surface area contributed by atoms with Gasteiger partial charge < -0.3 is 16.2 Å². The van der Waals surface area contributed by atoms with Crippen molar-refractivity contribution in [3.63, 3.8) is 0 Å². The second-order valence-electron chi connectivity index (χ2n) is 4.68. The predicted octanol–water partition coefficient (Wildman–Crippen LogP) is 2.13. The molecule has 0 aliphatic heterocycles. The summed E-state index contributed by atoms with van der Waals surface area (Å²) in [6.45, 7) is 0.171. The van der Waals surface area contributed by atoms with Crippen LogP contribution in [0.15, 0.2) is 60.7 Å². The molecule has 0 spiro atoms. The molecule has 0 radical (unpaired) electrons. The summed E-state index contributed by atoms with van der Waals surface area (Å²) in [4.78, 5) is 11.7. The zero-order valence-electron chi connectivity index (χ0n) is 11.6. The third-order valence-electron chi connectivity index (χ3n) is 2.99. The van der Waals surface area contributed by atoms with Crippen molar-refractivity contribution >= 4 is 17.7 Å². The monoisotopic (exact) mass is 282 g/mol. The van der Waals surface area contributed by atoms with E-state index in [1.54, 1.807) is 18.2 Å². The number of amides is 1. The van der Waals surface area contributed by atoms with Crippen LogP contribution in [0, 0.1) is 0 Å². The van der Waals surface area contributed by atoms with Crippen molar-refractivity contribution in [1.82, 2.24) is 5.32 Å². The first kappa shape index (κ1) is 14.8. The lowest BCUT2D eigenvalue weighted by Crippen LogP contribution is -2.26. The molecule has 0 saturated carbocycles. The van der Waals surface area contributed by atoms with Crippen molar-refractivity contribution in [3.05, 3.63) is 71.8 Å². The zero-order chi connectivity index (χ0) is 15.1. The summed E-state index contributed by atoms with van der Waals surface area (Å²) in [5.41, 5.74) is 7.94. The lowest BCUT2D eigenvalue weighted by atomic mass is 10.1. The molecule has 1 atom stereocenters. The Bertz CT molecular complexity index is 624. The van der Waals surface area contributed by atoms with Gasteiger partial charge in [-0.1, -0.05) is 42.5 Å². The molecular weight excluding hydrogens is 264 g/mol. The maximum atomic E-state index is 11.7. The van der Waals surface area contributed by atoms with Crippen molar-refractivity contribution in [2.24, 2.45) is 0 Å². The highest BCUT2D eigenvalue weighted by atomic mass is 16.3. The lowest BCUT2D eigenvalue weighted by Gasteiger charge is -2.10. The molecule has 4 heteroatoms. The van der Waals surface area contributed by atoms with Gasteiger partial charge >= 0.3 is 0 Å². The highest BCUT2D eigenvalue weighted by Crippen LogP contribution is 2.11. The molecule has 1 amide bonds. The Morgan fingerprint density at radius 1 is 1.19 bits per heavy atom. The van der Waals surface area contributed by atoms with E-state index >= 15 is 0 Å². The molecule has 0 heterocycles. The number of carbonyl (C=O) groups is 1.